The highest BCUT2D eigenvalue weighted by molar-refractivity contribution is 7.07. The first-order valence-corrected chi connectivity index (χ1v) is 6.35. The lowest BCUT2D eigenvalue weighted by molar-refractivity contribution is -0.119. The summed E-state index contributed by atoms with van der Waals surface area (Å²) in [5, 5.41) is 6.15. The number of esters is 1. The molecular weight excluding hydrogens is 285 g/mol. The second-order valence-electron chi connectivity index (χ2n) is 3.82. The zero-order chi connectivity index (χ0) is 14.5. The quantitative estimate of drug-likeness (QED) is 0.870. The molecule has 2 aromatic rings. The van der Waals surface area contributed by atoms with Crippen molar-refractivity contribution in [3.63, 3.8) is 0 Å². The molecule has 0 saturated carbocycles. The Morgan fingerprint density at radius 2 is 2.05 bits per heavy atom. The van der Waals surface area contributed by atoms with Gasteiger partial charge < -0.3 is 10.1 Å². The van der Waals surface area contributed by atoms with E-state index in [9.17, 15) is 14.0 Å². The van der Waals surface area contributed by atoms with E-state index in [1.165, 1.54) is 24.3 Å². The number of rotatable bonds is 4. The Hall–Kier alpha value is -2.35. The van der Waals surface area contributed by atoms with Crippen molar-refractivity contribution in [1.82, 2.24) is 9.59 Å². The van der Waals surface area contributed by atoms with E-state index in [4.69, 9.17) is 4.74 Å². The maximum atomic E-state index is 12.7. The molecule has 0 aliphatic carbocycles. The molecule has 1 N–H and O–H groups in total. The maximum absolute atomic E-state index is 12.7. The second kappa shape index (κ2) is 6.20. The average molecular weight is 295 g/mol. The highest BCUT2D eigenvalue weighted by Crippen LogP contribution is 2.11. The van der Waals surface area contributed by atoms with Gasteiger partial charge in [-0.1, -0.05) is 4.49 Å². The van der Waals surface area contributed by atoms with Crippen LogP contribution in [0.3, 0.4) is 0 Å². The predicted octanol–water partition coefficient (Wildman–Crippen LogP) is 1.78. The summed E-state index contributed by atoms with van der Waals surface area (Å²) in [6.07, 6.45) is 0. The Balaban J connectivity index is 1.85. The summed E-state index contributed by atoms with van der Waals surface area (Å²) in [6.45, 7) is 1.19. The lowest BCUT2D eigenvalue weighted by atomic mass is 10.3. The van der Waals surface area contributed by atoms with Crippen LogP contribution in [0.4, 0.5) is 10.1 Å². The minimum Gasteiger partial charge on any atom is -0.451 e. The fourth-order valence-electron chi connectivity index (χ4n) is 1.35. The number of carbonyl (C=O) groups is 2. The predicted molar refractivity (Wildman–Crippen MR) is 70.0 cm³/mol. The lowest BCUT2D eigenvalue weighted by Crippen LogP contribution is -2.20. The Bertz CT molecular complexity index is 627. The number of amides is 1. The largest absolute Gasteiger partial charge is 0.451 e. The molecule has 0 aliphatic heterocycles. The van der Waals surface area contributed by atoms with Crippen LogP contribution in [0.5, 0.6) is 0 Å². The fraction of sp³-hybridized carbons (Fsp3) is 0.167. The molecule has 1 aromatic heterocycles. The number of benzene rings is 1. The summed E-state index contributed by atoms with van der Waals surface area (Å²) < 4.78 is 21.1. The van der Waals surface area contributed by atoms with Crippen LogP contribution in [0, 0.1) is 12.7 Å². The van der Waals surface area contributed by atoms with Gasteiger partial charge in [0.25, 0.3) is 5.91 Å². The third kappa shape index (κ3) is 3.58. The average Bonchev–Trinajstić information content (AvgIpc) is 2.85. The van der Waals surface area contributed by atoms with Crippen LogP contribution in [0.1, 0.15) is 15.4 Å². The van der Waals surface area contributed by atoms with E-state index in [2.05, 4.69) is 14.9 Å². The lowest BCUT2D eigenvalue weighted by Gasteiger charge is -2.05. The zero-order valence-corrected chi connectivity index (χ0v) is 11.2. The van der Waals surface area contributed by atoms with Gasteiger partial charge in [0.1, 0.15) is 5.82 Å². The minimum atomic E-state index is -0.647. The van der Waals surface area contributed by atoms with Crippen LogP contribution in [-0.2, 0) is 9.53 Å². The molecule has 1 amide bonds. The van der Waals surface area contributed by atoms with Crippen LogP contribution < -0.4 is 5.32 Å². The van der Waals surface area contributed by atoms with Gasteiger partial charge in [0.2, 0.25) is 0 Å². The SMILES string of the molecule is Cc1nnsc1C(=O)OCC(=O)Nc1ccc(F)cc1. The Morgan fingerprint density at radius 1 is 1.35 bits per heavy atom. The number of aromatic nitrogens is 2. The molecule has 104 valence electrons. The van der Waals surface area contributed by atoms with Crippen molar-refractivity contribution in [2.24, 2.45) is 0 Å². The molecule has 0 spiro atoms. The van der Waals surface area contributed by atoms with E-state index in [0.717, 1.165) is 11.5 Å². The molecule has 0 unspecified atom stereocenters. The summed E-state index contributed by atoms with van der Waals surface area (Å²) in [6, 6.07) is 5.25. The zero-order valence-electron chi connectivity index (χ0n) is 10.4. The van der Waals surface area contributed by atoms with Crippen molar-refractivity contribution in [2.75, 3.05) is 11.9 Å². The van der Waals surface area contributed by atoms with Gasteiger partial charge >= 0.3 is 5.97 Å². The topological polar surface area (TPSA) is 81.2 Å². The normalized spacial score (nSPS) is 10.1. The molecule has 0 atom stereocenters. The van der Waals surface area contributed by atoms with E-state index in [1.807, 2.05) is 0 Å². The smallest absolute Gasteiger partial charge is 0.352 e. The summed E-state index contributed by atoms with van der Waals surface area (Å²) in [5.41, 5.74) is 0.877. The Morgan fingerprint density at radius 3 is 2.65 bits per heavy atom. The van der Waals surface area contributed by atoms with Crippen molar-refractivity contribution < 1.29 is 18.7 Å². The first-order chi connectivity index (χ1) is 9.56. The molecule has 8 heteroatoms. The van der Waals surface area contributed by atoms with E-state index >= 15 is 0 Å². The van der Waals surface area contributed by atoms with Gasteiger partial charge in [-0.05, 0) is 42.7 Å². The van der Waals surface area contributed by atoms with Crippen molar-refractivity contribution >= 4 is 29.1 Å². The monoisotopic (exact) mass is 295 g/mol. The number of hydrogen-bond acceptors (Lipinski definition) is 6. The first kappa shape index (κ1) is 14.1. The molecule has 20 heavy (non-hydrogen) atoms. The van der Waals surface area contributed by atoms with Crippen LogP contribution >= 0.6 is 11.5 Å². The second-order valence-corrected chi connectivity index (χ2v) is 4.57. The van der Waals surface area contributed by atoms with Gasteiger partial charge in [0.15, 0.2) is 11.5 Å². The van der Waals surface area contributed by atoms with Crippen LogP contribution in [0.2, 0.25) is 0 Å². The van der Waals surface area contributed by atoms with Crippen LogP contribution in [0.15, 0.2) is 24.3 Å². The minimum absolute atomic E-state index is 0.264. The number of aryl methyl sites for hydroxylation is 1. The van der Waals surface area contributed by atoms with Gasteiger partial charge in [-0.15, -0.1) is 5.10 Å². The third-order valence-corrected chi connectivity index (χ3v) is 3.11. The summed E-state index contributed by atoms with van der Waals surface area (Å²) in [4.78, 5) is 23.4. The summed E-state index contributed by atoms with van der Waals surface area (Å²) in [5.74, 6) is -1.56. The molecule has 2 rings (SSSR count). The van der Waals surface area contributed by atoms with E-state index in [1.54, 1.807) is 6.92 Å². The number of halogens is 1. The molecule has 0 saturated heterocycles. The summed E-state index contributed by atoms with van der Waals surface area (Å²) in [7, 11) is 0. The highest BCUT2D eigenvalue weighted by Gasteiger charge is 2.16. The number of nitrogens with one attached hydrogen (secondary N) is 1. The number of nitrogens with zero attached hydrogens (tertiary/aromatic N) is 2. The van der Waals surface area contributed by atoms with Crippen molar-refractivity contribution in [1.29, 1.82) is 0 Å². The Labute approximate surface area is 117 Å². The standard InChI is InChI=1S/C12H10FN3O3S/c1-7-11(20-16-15-7)12(18)19-6-10(17)14-9-4-2-8(13)3-5-9/h2-5H,6H2,1H3,(H,14,17). The van der Waals surface area contributed by atoms with Gasteiger partial charge in [-0.3, -0.25) is 4.79 Å². The third-order valence-electron chi connectivity index (χ3n) is 2.30. The Kier molecular flexibility index (Phi) is 4.36. The van der Waals surface area contributed by atoms with Gasteiger partial charge in [0, 0.05) is 5.69 Å². The van der Waals surface area contributed by atoms with Gasteiger partial charge in [-0.2, -0.15) is 0 Å². The van der Waals surface area contributed by atoms with E-state index < -0.39 is 24.3 Å². The number of hydrogen-bond donors (Lipinski definition) is 1. The molecule has 1 aromatic carbocycles. The van der Waals surface area contributed by atoms with Gasteiger partial charge in [-0.25, -0.2) is 9.18 Å². The number of carbonyl (C=O) groups excluding carboxylic acids is 2. The summed E-state index contributed by atoms with van der Waals surface area (Å²) >= 11 is 0.906. The fourth-order valence-corrected chi connectivity index (χ4v) is 1.90. The number of ether oxygens (including phenoxy) is 1. The molecular formula is C12H10FN3O3S. The molecule has 6 nitrogen and oxygen atoms in total. The molecule has 1 heterocycles. The van der Waals surface area contributed by atoms with Crippen LogP contribution in [-0.4, -0.2) is 28.1 Å². The van der Waals surface area contributed by atoms with Crippen LogP contribution in [0.25, 0.3) is 0 Å². The van der Waals surface area contributed by atoms with Crippen molar-refractivity contribution in [3.8, 4) is 0 Å². The van der Waals surface area contributed by atoms with Crippen molar-refractivity contribution in [3.05, 3.63) is 40.7 Å². The van der Waals surface area contributed by atoms with Crippen molar-refractivity contribution in [2.45, 2.75) is 6.92 Å². The molecule has 0 radical (unpaired) electrons. The van der Waals surface area contributed by atoms with E-state index in [0.29, 0.717) is 11.4 Å². The maximum Gasteiger partial charge on any atom is 0.352 e. The number of anilines is 1. The molecule has 0 fully saturated rings. The molecule has 0 bridgehead atoms. The van der Waals surface area contributed by atoms with E-state index in [-0.39, 0.29) is 4.88 Å². The first-order valence-electron chi connectivity index (χ1n) is 5.58. The highest BCUT2D eigenvalue weighted by atomic mass is 32.1. The van der Waals surface area contributed by atoms with Gasteiger partial charge in [0.05, 0.1) is 5.69 Å². The molecule has 0 aliphatic rings.